The van der Waals surface area contributed by atoms with Gasteiger partial charge in [-0.15, -0.1) is 0 Å². The van der Waals surface area contributed by atoms with Crippen LogP contribution < -0.4 is 10.3 Å². The Kier molecular flexibility index (Phi) is 5.90. The van der Waals surface area contributed by atoms with Gasteiger partial charge in [-0.3, -0.25) is 9.59 Å². The minimum atomic E-state index is -0.369. The van der Waals surface area contributed by atoms with E-state index >= 15 is 0 Å². The van der Waals surface area contributed by atoms with Gasteiger partial charge in [0, 0.05) is 41.6 Å². The molecule has 1 N–H and O–H groups in total. The molecule has 0 unspecified atom stereocenters. The van der Waals surface area contributed by atoms with Crippen LogP contribution in [0, 0.1) is 0 Å². The fourth-order valence-electron chi connectivity index (χ4n) is 4.01. The van der Waals surface area contributed by atoms with Crippen molar-refractivity contribution in [1.82, 2.24) is 20.0 Å². The fraction of sp³-hybridized carbons (Fsp3) is 0.200. The molecule has 1 aliphatic rings. The van der Waals surface area contributed by atoms with Crippen LogP contribution in [0.15, 0.2) is 63.9 Å². The Morgan fingerprint density at radius 3 is 2.68 bits per heavy atom. The van der Waals surface area contributed by atoms with Crippen LogP contribution in [0.5, 0.6) is 5.75 Å². The number of aromatic amines is 1. The first-order valence-electron chi connectivity index (χ1n) is 10.8. The van der Waals surface area contributed by atoms with E-state index in [-0.39, 0.29) is 17.2 Å². The second kappa shape index (κ2) is 9.15. The number of amides is 1. The monoisotopic (exact) mass is 476 g/mol. The van der Waals surface area contributed by atoms with E-state index < -0.39 is 0 Å². The number of nitrogens with zero attached hydrogens (tertiary/aromatic N) is 3. The van der Waals surface area contributed by atoms with Gasteiger partial charge in [0.15, 0.2) is 5.76 Å². The highest BCUT2D eigenvalue weighted by Gasteiger charge is 2.29. The first kappa shape index (κ1) is 21.9. The maximum Gasteiger partial charge on any atom is 0.273 e. The number of H-pyrrole nitrogens is 1. The lowest BCUT2D eigenvalue weighted by Gasteiger charge is -2.26. The van der Waals surface area contributed by atoms with Crippen LogP contribution >= 0.6 is 11.6 Å². The van der Waals surface area contributed by atoms with E-state index in [9.17, 15) is 9.59 Å². The highest BCUT2D eigenvalue weighted by Crippen LogP contribution is 2.31. The molecule has 1 aliphatic heterocycles. The van der Waals surface area contributed by atoms with E-state index in [0.29, 0.717) is 42.5 Å². The Labute approximate surface area is 200 Å². The third-order valence-electron chi connectivity index (χ3n) is 5.77. The van der Waals surface area contributed by atoms with Crippen LogP contribution in [0.4, 0.5) is 0 Å². The van der Waals surface area contributed by atoms with Crippen LogP contribution in [0.25, 0.3) is 11.3 Å². The third kappa shape index (κ3) is 4.45. The molecule has 8 nitrogen and oxygen atoms in total. The second-order valence-electron chi connectivity index (χ2n) is 8.02. The number of halogens is 1. The van der Waals surface area contributed by atoms with Crippen molar-refractivity contribution in [2.24, 2.45) is 0 Å². The minimum absolute atomic E-state index is 0.111. The first-order chi connectivity index (χ1) is 16.5. The highest BCUT2D eigenvalue weighted by atomic mass is 35.5. The van der Waals surface area contributed by atoms with Gasteiger partial charge in [-0.25, -0.2) is 4.98 Å². The summed E-state index contributed by atoms with van der Waals surface area (Å²) in [5.74, 6) is 1.47. The predicted molar refractivity (Wildman–Crippen MR) is 126 cm³/mol. The molecule has 0 bridgehead atoms. The number of fused-ring (bicyclic) bond motifs is 1. The summed E-state index contributed by atoms with van der Waals surface area (Å²) in [6.07, 6.45) is 0.941. The van der Waals surface area contributed by atoms with Crippen molar-refractivity contribution in [3.8, 4) is 17.1 Å². The molecule has 0 saturated heterocycles. The highest BCUT2D eigenvalue weighted by molar-refractivity contribution is 6.30. The van der Waals surface area contributed by atoms with E-state index in [2.05, 4.69) is 15.1 Å². The number of benzene rings is 2. The molecule has 172 valence electrons. The van der Waals surface area contributed by atoms with E-state index in [1.807, 2.05) is 36.4 Å². The zero-order chi connectivity index (χ0) is 23.7. The Balaban J connectivity index is 1.38. The molecule has 0 radical (unpaired) electrons. The average Bonchev–Trinajstić information content (AvgIpc) is 3.27. The lowest BCUT2D eigenvalue weighted by molar-refractivity contribution is 0.0728. The summed E-state index contributed by atoms with van der Waals surface area (Å²) in [5.41, 5.74) is 3.20. The molecule has 0 saturated carbocycles. The number of hydrogen-bond donors (Lipinski definition) is 1. The standard InChI is InChI=1S/C25H21ClN4O4/c1-33-18-8-2-15(3-9-18)12-22-27-21(13-23(31)28-22)25(32)30-11-10-20-19(14-30)24(34-29-20)16-4-6-17(26)7-5-16/h2-9,13H,10-12,14H2,1H3,(H,27,28,31). The number of ether oxygens (including phenoxy) is 1. The summed E-state index contributed by atoms with van der Waals surface area (Å²) >= 11 is 6.00. The van der Waals surface area contributed by atoms with Crippen LogP contribution in [-0.2, 0) is 19.4 Å². The summed E-state index contributed by atoms with van der Waals surface area (Å²) in [4.78, 5) is 34.4. The van der Waals surface area contributed by atoms with Crippen molar-refractivity contribution < 1.29 is 14.1 Å². The normalized spacial score (nSPS) is 12.9. The zero-order valence-electron chi connectivity index (χ0n) is 18.4. The zero-order valence-corrected chi connectivity index (χ0v) is 19.1. The molecule has 2 aromatic heterocycles. The molecule has 34 heavy (non-hydrogen) atoms. The maximum atomic E-state index is 13.3. The number of carbonyl (C=O) groups is 1. The molecular formula is C25H21ClN4O4. The third-order valence-corrected chi connectivity index (χ3v) is 6.02. The predicted octanol–water partition coefficient (Wildman–Crippen LogP) is 3.88. The average molecular weight is 477 g/mol. The van der Waals surface area contributed by atoms with Crippen molar-refractivity contribution in [2.45, 2.75) is 19.4 Å². The van der Waals surface area contributed by atoms with Gasteiger partial charge in [-0.2, -0.15) is 0 Å². The summed E-state index contributed by atoms with van der Waals surface area (Å²) < 4.78 is 10.8. The van der Waals surface area contributed by atoms with E-state index in [0.717, 1.165) is 28.1 Å². The molecule has 0 spiro atoms. The van der Waals surface area contributed by atoms with Crippen molar-refractivity contribution >= 4 is 17.5 Å². The number of hydrogen-bond acceptors (Lipinski definition) is 6. The Bertz CT molecular complexity index is 1390. The van der Waals surface area contributed by atoms with Crippen molar-refractivity contribution in [1.29, 1.82) is 0 Å². The number of aromatic nitrogens is 3. The molecular weight excluding hydrogens is 456 g/mol. The first-order valence-corrected chi connectivity index (χ1v) is 11.1. The Morgan fingerprint density at radius 2 is 1.94 bits per heavy atom. The number of methoxy groups -OCH3 is 1. The van der Waals surface area contributed by atoms with Gasteiger partial charge in [-0.05, 0) is 42.0 Å². The van der Waals surface area contributed by atoms with Gasteiger partial charge in [-0.1, -0.05) is 28.9 Å². The fourth-order valence-corrected chi connectivity index (χ4v) is 4.14. The van der Waals surface area contributed by atoms with E-state index in [1.165, 1.54) is 6.07 Å². The van der Waals surface area contributed by atoms with Crippen molar-refractivity contribution in [3.63, 3.8) is 0 Å². The molecule has 0 fully saturated rings. The van der Waals surface area contributed by atoms with E-state index in [4.69, 9.17) is 20.9 Å². The van der Waals surface area contributed by atoms with Crippen molar-refractivity contribution in [3.05, 3.63) is 98.3 Å². The van der Waals surface area contributed by atoms with Crippen molar-refractivity contribution in [2.75, 3.05) is 13.7 Å². The van der Waals surface area contributed by atoms with Gasteiger partial charge in [0.05, 0.1) is 19.3 Å². The largest absolute Gasteiger partial charge is 0.497 e. The van der Waals surface area contributed by atoms with Gasteiger partial charge in [0.2, 0.25) is 0 Å². The minimum Gasteiger partial charge on any atom is -0.497 e. The van der Waals surface area contributed by atoms with Crippen LogP contribution in [0.2, 0.25) is 5.02 Å². The number of nitrogens with one attached hydrogen (secondary N) is 1. The number of carbonyl (C=O) groups excluding carboxylic acids is 1. The van der Waals surface area contributed by atoms with E-state index in [1.54, 1.807) is 24.1 Å². The molecule has 2 aromatic carbocycles. The number of rotatable bonds is 5. The lowest BCUT2D eigenvalue weighted by atomic mass is 10.0. The lowest BCUT2D eigenvalue weighted by Crippen LogP contribution is -2.37. The summed E-state index contributed by atoms with van der Waals surface area (Å²) in [7, 11) is 1.60. The molecule has 9 heteroatoms. The van der Waals surface area contributed by atoms with Crippen LogP contribution in [0.3, 0.4) is 0 Å². The topological polar surface area (TPSA) is 101 Å². The van der Waals surface area contributed by atoms with Crippen LogP contribution in [-0.4, -0.2) is 39.6 Å². The Morgan fingerprint density at radius 1 is 1.18 bits per heavy atom. The van der Waals surface area contributed by atoms with Crippen LogP contribution in [0.1, 0.15) is 33.1 Å². The van der Waals surface area contributed by atoms with Gasteiger partial charge in [0.1, 0.15) is 17.3 Å². The quantitative estimate of drug-likeness (QED) is 0.469. The summed E-state index contributed by atoms with van der Waals surface area (Å²) in [6.45, 7) is 0.776. The maximum absolute atomic E-state index is 13.3. The molecule has 4 aromatic rings. The molecule has 0 aliphatic carbocycles. The second-order valence-corrected chi connectivity index (χ2v) is 8.46. The summed E-state index contributed by atoms with van der Waals surface area (Å²) in [5, 5.41) is 4.81. The molecule has 1 amide bonds. The van der Waals surface area contributed by atoms with Gasteiger partial charge < -0.3 is 19.1 Å². The SMILES string of the molecule is COc1ccc(Cc2nc(C(=O)N3CCc4noc(-c5ccc(Cl)cc5)c4C3)cc(=O)[nH]2)cc1. The van der Waals surface area contributed by atoms with Gasteiger partial charge >= 0.3 is 0 Å². The van der Waals surface area contributed by atoms with Gasteiger partial charge in [0.25, 0.3) is 11.5 Å². The Hall–Kier alpha value is -3.91. The smallest absolute Gasteiger partial charge is 0.273 e. The molecule has 3 heterocycles. The summed E-state index contributed by atoms with van der Waals surface area (Å²) in [6, 6.07) is 16.0. The molecule has 5 rings (SSSR count). The molecule has 0 atom stereocenters.